The average Bonchev–Trinajstić information content (AvgIpc) is 3.13. The van der Waals surface area contributed by atoms with Gasteiger partial charge in [0.1, 0.15) is 0 Å². The highest BCUT2D eigenvalue weighted by Gasteiger charge is 2.14. The van der Waals surface area contributed by atoms with E-state index in [4.69, 9.17) is 0 Å². The molecule has 0 fully saturated rings. The van der Waals surface area contributed by atoms with Crippen molar-refractivity contribution in [2.45, 2.75) is 0 Å². The summed E-state index contributed by atoms with van der Waals surface area (Å²) < 4.78 is 0. The molecule has 10 aromatic carbocycles. The van der Waals surface area contributed by atoms with E-state index in [1.54, 1.807) is 0 Å². The molecule has 0 unspecified atom stereocenters. The molecular formula is C46H28. The zero-order valence-electron chi connectivity index (χ0n) is 25.2. The minimum Gasteiger partial charge on any atom is -0.0616 e. The second kappa shape index (κ2) is 9.76. The highest BCUT2D eigenvalue weighted by Crippen LogP contribution is 2.42. The Morgan fingerprint density at radius 3 is 1.04 bits per heavy atom. The first-order valence-electron chi connectivity index (χ1n) is 16.0. The molecule has 10 rings (SSSR count). The van der Waals surface area contributed by atoms with Gasteiger partial charge in [-0.1, -0.05) is 146 Å². The molecule has 0 saturated heterocycles. The summed E-state index contributed by atoms with van der Waals surface area (Å²) in [6, 6.07) is 63.1. The zero-order valence-corrected chi connectivity index (χ0v) is 25.2. The Morgan fingerprint density at radius 2 is 0.565 bits per heavy atom. The predicted molar refractivity (Wildman–Crippen MR) is 200 cm³/mol. The second-order valence-electron chi connectivity index (χ2n) is 12.5. The van der Waals surface area contributed by atoms with Crippen molar-refractivity contribution >= 4 is 75.4 Å². The summed E-state index contributed by atoms with van der Waals surface area (Å²) >= 11 is 0. The Kier molecular flexibility index (Phi) is 5.38. The van der Waals surface area contributed by atoms with Crippen molar-refractivity contribution in [3.8, 4) is 22.3 Å². The first-order chi connectivity index (χ1) is 22.8. The van der Waals surface area contributed by atoms with Gasteiger partial charge in [0, 0.05) is 0 Å². The number of benzene rings is 9. The van der Waals surface area contributed by atoms with Crippen molar-refractivity contribution in [3.05, 3.63) is 170 Å². The minimum absolute atomic E-state index is 1.23. The van der Waals surface area contributed by atoms with Gasteiger partial charge in [-0.15, -0.1) is 0 Å². The third kappa shape index (κ3) is 3.81. The summed E-state index contributed by atoms with van der Waals surface area (Å²) in [6.07, 6.45) is 0. The lowest BCUT2D eigenvalue weighted by Crippen LogP contribution is -1.88. The molecule has 212 valence electrons. The first-order valence-corrected chi connectivity index (χ1v) is 16.0. The maximum atomic E-state index is 2.42. The first kappa shape index (κ1) is 25.4. The van der Waals surface area contributed by atoms with Crippen LogP contribution in [0.25, 0.3) is 97.7 Å². The third-order valence-electron chi connectivity index (χ3n) is 9.96. The summed E-state index contributed by atoms with van der Waals surface area (Å²) in [5, 5.41) is 17.9. The molecule has 0 heterocycles. The highest BCUT2D eigenvalue weighted by atomic mass is 14.2. The van der Waals surface area contributed by atoms with Crippen molar-refractivity contribution in [2.24, 2.45) is 0 Å². The van der Waals surface area contributed by atoms with Crippen LogP contribution < -0.4 is 0 Å². The monoisotopic (exact) mass is 580 g/mol. The van der Waals surface area contributed by atoms with Crippen LogP contribution in [0.4, 0.5) is 0 Å². The molecule has 0 nitrogen and oxygen atoms in total. The summed E-state index contributed by atoms with van der Waals surface area (Å²) in [6.45, 7) is 0. The number of hydrogen-bond donors (Lipinski definition) is 0. The molecule has 0 N–H and O–H groups in total. The molecule has 0 aliphatic carbocycles. The lowest BCUT2D eigenvalue weighted by atomic mass is 9.88. The molecule has 46 heavy (non-hydrogen) atoms. The smallest absolute Gasteiger partial charge is 0.00203 e. The largest absolute Gasteiger partial charge is 0.0616 e. The third-order valence-corrected chi connectivity index (χ3v) is 9.96. The quantitative estimate of drug-likeness (QED) is 0.178. The summed E-state index contributed by atoms with van der Waals surface area (Å²) in [5.74, 6) is 0. The predicted octanol–water partition coefficient (Wildman–Crippen LogP) is 13.1. The highest BCUT2D eigenvalue weighted by molar-refractivity contribution is 6.33. The number of fused-ring (bicyclic) bond motifs is 7. The van der Waals surface area contributed by atoms with Gasteiger partial charge in [0.15, 0.2) is 0 Å². The fraction of sp³-hybridized carbons (Fsp3) is 0. The lowest BCUT2D eigenvalue weighted by molar-refractivity contribution is 1.68. The SMILES string of the molecule is c1ccc2cc(-c3ccc4c5ccc(-c6ccc7ccccc7c6)cc5c5cccc6ccc7cccc(c4c3)c7c65)ccc2c1. The molecule has 0 aromatic heterocycles. The van der Waals surface area contributed by atoms with Gasteiger partial charge < -0.3 is 0 Å². The molecule has 0 heteroatoms. The van der Waals surface area contributed by atoms with Crippen molar-refractivity contribution in [1.29, 1.82) is 0 Å². The molecule has 10 aromatic rings. The maximum absolute atomic E-state index is 2.42. The Labute approximate surface area is 266 Å². The molecule has 0 aliphatic rings. The van der Waals surface area contributed by atoms with Crippen LogP contribution in [0.5, 0.6) is 0 Å². The van der Waals surface area contributed by atoms with E-state index in [0.29, 0.717) is 0 Å². The molecule has 0 aliphatic heterocycles. The van der Waals surface area contributed by atoms with E-state index in [9.17, 15) is 0 Å². The minimum atomic E-state index is 1.23. The van der Waals surface area contributed by atoms with Crippen LogP contribution in [-0.2, 0) is 0 Å². The van der Waals surface area contributed by atoms with Crippen molar-refractivity contribution in [3.63, 3.8) is 0 Å². The van der Waals surface area contributed by atoms with Crippen LogP contribution in [-0.4, -0.2) is 0 Å². The van der Waals surface area contributed by atoms with Gasteiger partial charge in [0.2, 0.25) is 0 Å². The fourth-order valence-electron chi connectivity index (χ4n) is 7.71. The van der Waals surface area contributed by atoms with E-state index >= 15 is 0 Å². The van der Waals surface area contributed by atoms with Crippen LogP contribution >= 0.6 is 0 Å². The van der Waals surface area contributed by atoms with E-state index in [1.807, 2.05) is 0 Å². The maximum Gasteiger partial charge on any atom is -0.00203 e. The summed E-state index contributed by atoms with van der Waals surface area (Å²) in [4.78, 5) is 0. The Hall–Kier alpha value is -5.98. The van der Waals surface area contributed by atoms with Crippen LogP contribution in [0.15, 0.2) is 170 Å². The van der Waals surface area contributed by atoms with E-state index < -0.39 is 0 Å². The van der Waals surface area contributed by atoms with Crippen molar-refractivity contribution < 1.29 is 0 Å². The standard InChI is InChI=1S/C46H28/c1-3-9-33-25-35(19-15-29(33)7-1)37-21-23-39-40-24-22-38(36-20-16-30-8-2-4-10-34(30)26-36)28-44(40)42-14-6-12-32-18-17-31-11-5-13-41(43(39)27-37)45(31)46(32)42/h1-28H. The van der Waals surface area contributed by atoms with Gasteiger partial charge in [0.25, 0.3) is 0 Å². The summed E-state index contributed by atoms with van der Waals surface area (Å²) in [7, 11) is 0. The Morgan fingerprint density at radius 1 is 0.196 bits per heavy atom. The molecule has 0 atom stereocenters. The topological polar surface area (TPSA) is 0 Å². The van der Waals surface area contributed by atoms with Gasteiger partial charge in [-0.25, -0.2) is 0 Å². The van der Waals surface area contributed by atoms with E-state index in [0.717, 1.165) is 0 Å². The van der Waals surface area contributed by atoms with E-state index in [1.165, 1.54) is 97.7 Å². The molecule has 0 bridgehead atoms. The van der Waals surface area contributed by atoms with Crippen LogP contribution in [0, 0.1) is 0 Å². The van der Waals surface area contributed by atoms with Gasteiger partial charge >= 0.3 is 0 Å². The Balaban J connectivity index is 1.35. The van der Waals surface area contributed by atoms with Gasteiger partial charge in [-0.05, 0) is 122 Å². The molecule has 0 amide bonds. The Bertz CT molecular complexity index is 2660. The van der Waals surface area contributed by atoms with Crippen molar-refractivity contribution in [2.75, 3.05) is 0 Å². The van der Waals surface area contributed by atoms with E-state index in [2.05, 4.69) is 170 Å². The van der Waals surface area contributed by atoms with Gasteiger partial charge in [0.05, 0.1) is 0 Å². The van der Waals surface area contributed by atoms with Crippen molar-refractivity contribution in [1.82, 2.24) is 0 Å². The van der Waals surface area contributed by atoms with Crippen LogP contribution in [0.1, 0.15) is 0 Å². The number of rotatable bonds is 2. The average molecular weight is 581 g/mol. The van der Waals surface area contributed by atoms with Crippen LogP contribution in [0.2, 0.25) is 0 Å². The van der Waals surface area contributed by atoms with Gasteiger partial charge in [-0.2, -0.15) is 0 Å². The van der Waals surface area contributed by atoms with E-state index in [-0.39, 0.29) is 0 Å². The number of hydrogen-bond acceptors (Lipinski definition) is 0. The molecular weight excluding hydrogens is 553 g/mol. The van der Waals surface area contributed by atoms with Crippen LogP contribution in [0.3, 0.4) is 0 Å². The van der Waals surface area contributed by atoms with Gasteiger partial charge in [-0.3, -0.25) is 0 Å². The summed E-state index contributed by atoms with van der Waals surface area (Å²) in [5.41, 5.74) is 4.94. The second-order valence-corrected chi connectivity index (χ2v) is 12.5. The normalized spacial score (nSPS) is 11.9. The molecule has 0 spiro atoms. The lowest BCUT2D eigenvalue weighted by Gasteiger charge is -2.15. The fourth-order valence-corrected chi connectivity index (χ4v) is 7.71. The molecule has 0 saturated carbocycles. The molecule has 0 radical (unpaired) electrons. The zero-order chi connectivity index (χ0) is 30.2.